The van der Waals surface area contributed by atoms with Crippen molar-refractivity contribution in [3.8, 4) is 0 Å². The lowest BCUT2D eigenvalue weighted by atomic mass is 9.81. The first-order chi connectivity index (χ1) is 15.9. The van der Waals surface area contributed by atoms with Gasteiger partial charge in [0.1, 0.15) is 0 Å². The highest BCUT2D eigenvalue weighted by atomic mass is 16.1. The summed E-state index contributed by atoms with van der Waals surface area (Å²) in [6.45, 7) is 1.47. The number of nitrogens with zero attached hydrogens (tertiary/aromatic N) is 1. The number of rotatable bonds is 8. The Labute approximate surface area is 194 Å². The average Bonchev–Trinajstić information content (AvgIpc) is 2.84. The van der Waals surface area contributed by atoms with Crippen LogP contribution < -0.4 is 16.4 Å². The van der Waals surface area contributed by atoms with E-state index < -0.39 is 5.91 Å². The molecular weight excluding hydrogens is 416 g/mol. The van der Waals surface area contributed by atoms with Crippen molar-refractivity contribution in [2.75, 3.05) is 37.8 Å². The normalized spacial score (nSPS) is 15.8. The van der Waals surface area contributed by atoms with E-state index in [2.05, 4.69) is 22.6 Å². The molecule has 7 nitrogen and oxygen atoms in total. The van der Waals surface area contributed by atoms with Crippen LogP contribution in [0.15, 0.2) is 30.3 Å². The molecular formula is C26H32N4O3. The van der Waals surface area contributed by atoms with Gasteiger partial charge in [0, 0.05) is 36.4 Å². The van der Waals surface area contributed by atoms with E-state index in [0.717, 1.165) is 13.0 Å². The SMILES string of the molecule is CNc1cc(C(N)=O)c(NCCCN(C)C2CCCCC2)c2c1C(=O)c1ccccc1C2=O. The van der Waals surface area contributed by atoms with Crippen LogP contribution in [0.2, 0.25) is 0 Å². The number of ketones is 2. The quantitative estimate of drug-likeness (QED) is 0.454. The van der Waals surface area contributed by atoms with Gasteiger partial charge in [0.2, 0.25) is 0 Å². The summed E-state index contributed by atoms with van der Waals surface area (Å²) >= 11 is 0. The summed E-state index contributed by atoms with van der Waals surface area (Å²) in [5.74, 6) is -1.16. The third kappa shape index (κ3) is 4.37. The zero-order valence-corrected chi connectivity index (χ0v) is 19.4. The van der Waals surface area contributed by atoms with Gasteiger partial charge >= 0.3 is 0 Å². The molecule has 0 atom stereocenters. The van der Waals surface area contributed by atoms with Gasteiger partial charge in [-0.1, -0.05) is 43.5 Å². The molecule has 0 aliphatic heterocycles. The standard InChI is InChI=1S/C26H32N4O3/c1-28-20-15-19(26(27)33)23(29-13-8-14-30(2)16-9-4-3-5-10-16)22-21(20)24(31)17-11-6-7-12-18(17)25(22)32/h6-7,11-12,15-16,28-29H,3-5,8-10,13-14H2,1-2H3,(H2,27,33). The fourth-order valence-corrected chi connectivity index (χ4v) is 5.12. The van der Waals surface area contributed by atoms with E-state index in [1.54, 1.807) is 37.4 Å². The highest BCUT2D eigenvalue weighted by Gasteiger charge is 2.35. The largest absolute Gasteiger partial charge is 0.387 e. The first-order valence-corrected chi connectivity index (χ1v) is 11.7. The van der Waals surface area contributed by atoms with Gasteiger partial charge in [-0.3, -0.25) is 14.4 Å². The van der Waals surface area contributed by atoms with Gasteiger partial charge in [-0.15, -0.1) is 0 Å². The van der Waals surface area contributed by atoms with Crippen LogP contribution in [0.25, 0.3) is 0 Å². The van der Waals surface area contributed by atoms with E-state index in [-0.39, 0.29) is 28.3 Å². The zero-order valence-electron chi connectivity index (χ0n) is 19.4. The minimum atomic E-state index is -0.643. The number of hydrogen-bond donors (Lipinski definition) is 3. The predicted molar refractivity (Wildman–Crippen MR) is 130 cm³/mol. The van der Waals surface area contributed by atoms with Crippen LogP contribution in [-0.4, -0.2) is 55.6 Å². The number of carbonyl (C=O) groups excluding carboxylic acids is 3. The summed E-state index contributed by atoms with van der Waals surface area (Å²) in [6, 6.07) is 8.98. The molecule has 174 valence electrons. The molecule has 2 aromatic rings. The van der Waals surface area contributed by atoms with Crippen molar-refractivity contribution in [1.29, 1.82) is 0 Å². The highest BCUT2D eigenvalue weighted by Crippen LogP contribution is 2.38. The molecule has 1 amide bonds. The first-order valence-electron chi connectivity index (χ1n) is 11.7. The Morgan fingerprint density at radius 3 is 2.30 bits per heavy atom. The third-order valence-electron chi connectivity index (χ3n) is 6.92. The lowest BCUT2D eigenvalue weighted by molar-refractivity contribution is 0.0978. The number of anilines is 2. The number of nitrogens with two attached hydrogens (primary N) is 1. The third-order valence-corrected chi connectivity index (χ3v) is 6.92. The fourth-order valence-electron chi connectivity index (χ4n) is 5.12. The van der Waals surface area contributed by atoms with Crippen LogP contribution in [0.4, 0.5) is 11.4 Å². The van der Waals surface area contributed by atoms with Crippen molar-refractivity contribution in [3.05, 3.63) is 58.1 Å². The predicted octanol–water partition coefficient (Wildman–Crippen LogP) is 3.67. The van der Waals surface area contributed by atoms with E-state index in [9.17, 15) is 14.4 Å². The Morgan fingerprint density at radius 2 is 1.70 bits per heavy atom. The van der Waals surface area contributed by atoms with Crippen molar-refractivity contribution in [3.63, 3.8) is 0 Å². The molecule has 0 aromatic heterocycles. The lowest BCUT2D eigenvalue weighted by Gasteiger charge is -2.31. The molecule has 4 rings (SSSR count). The zero-order chi connectivity index (χ0) is 23.5. The number of primary amides is 1. The topological polar surface area (TPSA) is 105 Å². The Hall–Kier alpha value is -3.19. The minimum Gasteiger partial charge on any atom is -0.387 e. The molecule has 0 saturated heterocycles. The first kappa shape index (κ1) is 23.0. The highest BCUT2D eigenvalue weighted by molar-refractivity contribution is 6.33. The molecule has 2 aliphatic rings. The summed E-state index contributed by atoms with van der Waals surface area (Å²) in [4.78, 5) is 41.5. The molecule has 1 fully saturated rings. The lowest BCUT2D eigenvalue weighted by Crippen LogP contribution is -2.34. The maximum absolute atomic E-state index is 13.5. The summed E-state index contributed by atoms with van der Waals surface area (Å²) in [7, 11) is 3.82. The Morgan fingerprint density at radius 1 is 1.06 bits per heavy atom. The van der Waals surface area contributed by atoms with Gasteiger partial charge in [-0.25, -0.2) is 0 Å². The van der Waals surface area contributed by atoms with Crippen LogP contribution in [0.5, 0.6) is 0 Å². The Kier molecular flexibility index (Phi) is 6.79. The molecule has 0 spiro atoms. The second-order valence-corrected chi connectivity index (χ2v) is 8.97. The maximum atomic E-state index is 13.5. The molecule has 7 heteroatoms. The maximum Gasteiger partial charge on any atom is 0.250 e. The summed E-state index contributed by atoms with van der Waals surface area (Å²) in [5.41, 5.74) is 7.90. The van der Waals surface area contributed by atoms with Gasteiger partial charge in [0.15, 0.2) is 11.6 Å². The van der Waals surface area contributed by atoms with E-state index in [4.69, 9.17) is 5.73 Å². The minimum absolute atomic E-state index is 0.208. The van der Waals surface area contributed by atoms with E-state index in [1.165, 1.54) is 32.1 Å². The van der Waals surface area contributed by atoms with Gasteiger partial charge in [0.05, 0.1) is 22.4 Å². The molecule has 2 aliphatic carbocycles. The fraction of sp³-hybridized carbons (Fsp3) is 0.423. The number of amides is 1. The van der Waals surface area contributed by atoms with E-state index in [0.29, 0.717) is 35.1 Å². The van der Waals surface area contributed by atoms with E-state index >= 15 is 0 Å². The van der Waals surface area contributed by atoms with Crippen LogP contribution in [-0.2, 0) is 0 Å². The molecule has 0 unspecified atom stereocenters. The molecule has 2 aromatic carbocycles. The van der Waals surface area contributed by atoms with E-state index in [1.807, 2.05) is 0 Å². The van der Waals surface area contributed by atoms with Gasteiger partial charge < -0.3 is 21.3 Å². The molecule has 4 N–H and O–H groups in total. The van der Waals surface area contributed by atoms with Crippen molar-refractivity contribution in [2.45, 2.75) is 44.6 Å². The van der Waals surface area contributed by atoms with Crippen LogP contribution in [0.3, 0.4) is 0 Å². The summed E-state index contributed by atoms with van der Waals surface area (Å²) < 4.78 is 0. The van der Waals surface area contributed by atoms with Gasteiger partial charge in [-0.05, 0) is 38.9 Å². The number of fused-ring (bicyclic) bond motifs is 2. The smallest absolute Gasteiger partial charge is 0.250 e. The van der Waals surface area contributed by atoms with Crippen LogP contribution >= 0.6 is 0 Å². The van der Waals surface area contributed by atoms with Crippen molar-refractivity contribution >= 4 is 28.8 Å². The second kappa shape index (κ2) is 9.75. The van der Waals surface area contributed by atoms with Gasteiger partial charge in [-0.2, -0.15) is 0 Å². The number of benzene rings is 2. The molecule has 0 radical (unpaired) electrons. The molecule has 33 heavy (non-hydrogen) atoms. The number of hydrogen-bond acceptors (Lipinski definition) is 6. The summed E-state index contributed by atoms with van der Waals surface area (Å²) in [6.07, 6.45) is 7.22. The Balaban J connectivity index is 1.62. The van der Waals surface area contributed by atoms with Gasteiger partial charge in [0.25, 0.3) is 5.91 Å². The van der Waals surface area contributed by atoms with Crippen LogP contribution in [0.1, 0.15) is 80.7 Å². The van der Waals surface area contributed by atoms with Crippen molar-refractivity contribution < 1.29 is 14.4 Å². The Bertz CT molecular complexity index is 1090. The molecule has 0 bridgehead atoms. The second-order valence-electron chi connectivity index (χ2n) is 8.97. The molecule has 1 saturated carbocycles. The van der Waals surface area contributed by atoms with Crippen molar-refractivity contribution in [1.82, 2.24) is 4.90 Å². The summed E-state index contributed by atoms with van der Waals surface area (Å²) in [5, 5.41) is 6.25. The van der Waals surface area contributed by atoms with Crippen LogP contribution in [0, 0.1) is 0 Å². The monoisotopic (exact) mass is 448 g/mol. The molecule has 0 heterocycles. The van der Waals surface area contributed by atoms with Crippen molar-refractivity contribution in [2.24, 2.45) is 5.73 Å². The number of nitrogens with one attached hydrogen (secondary N) is 2. The average molecular weight is 449 g/mol. The number of carbonyl (C=O) groups is 3.